The fourth-order valence-corrected chi connectivity index (χ4v) is 1.07. The van der Waals surface area contributed by atoms with E-state index in [9.17, 15) is 13.2 Å². The number of rotatable bonds is 1. The molecule has 0 spiro atoms. The lowest BCUT2D eigenvalue weighted by molar-refractivity contribution is -0.275. The Hall–Kier alpha value is -1.85. The smallest absolute Gasteiger partial charge is 0.453 e. The molecule has 1 heterocycles. The lowest BCUT2D eigenvalue weighted by Gasteiger charge is -2.16. The summed E-state index contributed by atoms with van der Waals surface area (Å²) in [7, 11) is 0. The van der Waals surface area contributed by atoms with Gasteiger partial charge in [0, 0.05) is 0 Å². The van der Waals surface area contributed by atoms with E-state index >= 15 is 0 Å². The molecule has 1 aromatic carbocycles. The number of benzene rings is 1. The summed E-state index contributed by atoms with van der Waals surface area (Å²) in [6, 6.07) is 3.93. The quantitative estimate of drug-likeness (QED) is 0.723. The number of hydrogen-bond donors (Lipinski definition) is 0. The third-order valence-electron chi connectivity index (χ3n) is 1.56. The molecule has 0 saturated heterocycles. The maximum atomic E-state index is 12.0. The molecule has 15 heavy (non-hydrogen) atoms. The first-order valence-electron chi connectivity index (χ1n) is 3.86. The topological polar surface area (TPSA) is 27.7 Å². The highest BCUT2D eigenvalue weighted by molar-refractivity contribution is 5.52. The predicted octanol–water partition coefficient (Wildman–Crippen LogP) is 2.63. The minimum atomic E-state index is -4.76. The third kappa shape index (κ3) is 2.15. The second-order valence-corrected chi connectivity index (χ2v) is 2.59. The van der Waals surface area contributed by atoms with Crippen molar-refractivity contribution < 1.29 is 27.4 Å². The van der Waals surface area contributed by atoms with Gasteiger partial charge in [0.25, 0.3) is 0 Å². The second kappa shape index (κ2) is 3.38. The molecule has 0 aliphatic carbocycles. The number of ether oxygens (including phenoxy) is 3. The zero-order valence-corrected chi connectivity index (χ0v) is 7.17. The largest absolute Gasteiger partial charge is 0.573 e. The first kappa shape index (κ1) is 9.70. The number of halogens is 3. The van der Waals surface area contributed by atoms with Crippen LogP contribution in [0.25, 0.3) is 0 Å². The molecule has 3 nitrogen and oxygen atoms in total. The van der Waals surface area contributed by atoms with Crippen LogP contribution in [0.15, 0.2) is 24.5 Å². The van der Waals surface area contributed by atoms with Crippen LogP contribution in [-0.2, 0) is 0 Å². The van der Waals surface area contributed by atoms with Crippen molar-refractivity contribution in [3.8, 4) is 17.2 Å². The molecule has 0 atom stereocenters. The van der Waals surface area contributed by atoms with Gasteiger partial charge < -0.3 is 14.2 Å². The van der Waals surface area contributed by atoms with Crippen molar-refractivity contribution in [3.05, 3.63) is 30.7 Å². The molecule has 0 amide bonds. The van der Waals surface area contributed by atoms with E-state index in [1.807, 2.05) is 0 Å². The summed E-state index contributed by atoms with van der Waals surface area (Å²) >= 11 is 0. The Balaban J connectivity index is 2.33. The van der Waals surface area contributed by atoms with Crippen molar-refractivity contribution in [1.29, 1.82) is 0 Å². The standard InChI is InChI=1S/C9H4F3O3/c10-9(11,12)15-7-3-1-2-6-8(7)14-5-4-13-6/h1-3,5H. The monoisotopic (exact) mass is 217 g/mol. The molecular weight excluding hydrogens is 213 g/mol. The number of alkyl halides is 3. The summed E-state index contributed by atoms with van der Waals surface area (Å²) in [5, 5.41) is 0. The van der Waals surface area contributed by atoms with Crippen molar-refractivity contribution >= 4 is 0 Å². The van der Waals surface area contributed by atoms with Crippen LogP contribution in [-0.4, -0.2) is 6.36 Å². The van der Waals surface area contributed by atoms with Crippen molar-refractivity contribution in [1.82, 2.24) is 0 Å². The van der Waals surface area contributed by atoms with Crippen molar-refractivity contribution in [2.45, 2.75) is 6.36 Å². The molecule has 1 aromatic rings. The van der Waals surface area contributed by atoms with Gasteiger partial charge in [-0.25, -0.2) is 0 Å². The van der Waals surface area contributed by atoms with Crippen LogP contribution in [0.5, 0.6) is 17.2 Å². The zero-order valence-electron chi connectivity index (χ0n) is 7.17. The van der Waals surface area contributed by atoms with E-state index in [-0.39, 0.29) is 11.5 Å². The number of para-hydroxylation sites is 1. The van der Waals surface area contributed by atoms with Gasteiger partial charge in [-0.3, -0.25) is 0 Å². The minimum absolute atomic E-state index is 0.117. The minimum Gasteiger partial charge on any atom is -0.453 e. The van der Waals surface area contributed by atoms with Crippen molar-refractivity contribution in [2.75, 3.05) is 0 Å². The SMILES string of the molecule is FC(F)(F)Oc1cccc2c1OC=[C]O2. The molecular formula is C9H4F3O3. The van der Waals surface area contributed by atoms with Crippen molar-refractivity contribution in [2.24, 2.45) is 0 Å². The van der Waals surface area contributed by atoms with Crippen LogP contribution in [0.3, 0.4) is 0 Å². The van der Waals surface area contributed by atoms with Gasteiger partial charge in [-0.05, 0) is 12.1 Å². The van der Waals surface area contributed by atoms with Gasteiger partial charge in [-0.1, -0.05) is 6.07 Å². The Morgan fingerprint density at radius 3 is 2.80 bits per heavy atom. The van der Waals surface area contributed by atoms with E-state index in [0.717, 1.165) is 12.3 Å². The van der Waals surface area contributed by atoms with Gasteiger partial charge in [0.15, 0.2) is 11.5 Å². The average Bonchev–Trinajstić information content (AvgIpc) is 2.16. The normalized spacial score (nSPS) is 13.8. The summed E-state index contributed by atoms with van der Waals surface area (Å²) < 4.78 is 49.3. The molecule has 0 bridgehead atoms. The first-order valence-corrected chi connectivity index (χ1v) is 3.86. The summed E-state index contributed by atoms with van der Waals surface area (Å²) in [5.41, 5.74) is 0. The Bertz CT molecular complexity index is 398. The van der Waals surface area contributed by atoms with Gasteiger partial charge in [-0.15, -0.1) is 13.2 Å². The maximum Gasteiger partial charge on any atom is 0.573 e. The Morgan fingerprint density at radius 2 is 2.07 bits per heavy atom. The van der Waals surface area contributed by atoms with Crippen molar-refractivity contribution in [3.63, 3.8) is 0 Å². The second-order valence-electron chi connectivity index (χ2n) is 2.59. The van der Waals surface area contributed by atoms with Gasteiger partial charge in [0.1, 0.15) is 6.26 Å². The molecule has 2 rings (SSSR count). The van der Waals surface area contributed by atoms with Crippen LogP contribution in [0.4, 0.5) is 13.2 Å². The highest BCUT2D eigenvalue weighted by atomic mass is 19.4. The summed E-state index contributed by atoms with van der Waals surface area (Å²) in [4.78, 5) is 0. The molecule has 79 valence electrons. The average molecular weight is 217 g/mol. The summed E-state index contributed by atoms with van der Waals surface area (Å²) in [5.74, 6) is -0.439. The van der Waals surface area contributed by atoms with Gasteiger partial charge in [0.2, 0.25) is 12.0 Å². The van der Waals surface area contributed by atoms with Gasteiger partial charge >= 0.3 is 6.36 Å². The molecule has 0 N–H and O–H groups in total. The molecule has 1 aliphatic heterocycles. The fourth-order valence-electron chi connectivity index (χ4n) is 1.07. The van der Waals surface area contributed by atoms with E-state index in [1.165, 1.54) is 12.1 Å². The van der Waals surface area contributed by atoms with Gasteiger partial charge in [-0.2, -0.15) is 0 Å². The zero-order chi connectivity index (χ0) is 10.9. The molecule has 0 fully saturated rings. The van der Waals surface area contributed by atoms with E-state index < -0.39 is 12.1 Å². The van der Waals surface area contributed by atoms with Crippen LogP contribution >= 0.6 is 0 Å². The predicted molar refractivity (Wildman–Crippen MR) is 42.2 cm³/mol. The Labute approximate surface area is 82.7 Å². The van der Waals surface area contributed by atoms with E-state index in [2.05, 4.69) is 11.0 Å². The molecule has 0 aromatic heterocycles. The van der Waals surface area contributed by atoms with Gasteiger partial charge in [0.05, 0.1) is 0 Å². The molecule has 0 saturated carbocycles. The summed E-state index contributed by atoms with van der Waals surface area (Å²) in [6.07, 6.45) is -1.51. The van der Waals surface area contributed by atoms with Crippen LogP contribution in [0.2, 0.25) is 0 Å². The Kier molecular flexibility index (Phi) is 2.18. The lowest BCUT2D eigenvalue weighted by Crippen LogP contribution is -2.17. The Morgan fingerprint density at radius 1 is 1.27 bits per heavy atom. The molecule has 1 radical (unpaired) electrons. The third-order valence-corrected chi connectivity index (χ3v) is 1.56. The molecule has 6 heteroatoms. The highest BCUT2D eigenvalue weighted by Gasteiger charge is 2.33. The first-order chi connectivity index (χ1) is 7.06. The lowest BCUT2D eigenvalue weighted by atomic mass is 10.3. The fraction of sp³-hybridized carbons (Fsp3) is 0.111. The van der Waals surface area contributed by atoms with Crippen LogP contribution in [0.1, 0.15) is 0 Å². The van der Waals surface area contributed by atoms with E-state index in [4.69, 9.17) is 9.47 Å². The maximum absolute atomic E-state index is 12.0. The van der Waals surface area contributed by atoms with Crippen LogP contribution in [0, 0.1) is 6.26 Å². The van der Waals surface area contributed by atoms with Crippen LogP contribution < -0.4 is 14.2 Å². The highest BCUT2D eigenvalue weighted by Crippen LogP contribution is 2.41. The van der Waals surface area contributed by atoms with E-state index in [1.54, 1.807) is 0 Å². The summed E-state index contributed by atoms with van der Waals surface area (Å²) in [6.45, 7) is 0. The molecule has 1 aliphatic rings. The molecule has 0 unspecified atom stereocenters. The number of hydrogen-bond acceptors (Lipinski definition) is 3. The number of fused-ring (bicyclic) bond motifs is 1. The van der Waals surface area contributed by atoms with E-state index in [0.29, 0.717) is 0 Å².